The summed E-state index contributed by atoms with van der Waals surface area (Å²) in [5, 5.41) is 2.84. The Hall–Kier alpha value is -1.64. The fourth-order valence-corrected chi connectivity index (χ4v) is 2.47. The van der Waals surface area contributed by atoms with Gasteiger partial charge in [0.2, 0.25) is 5.91 Å². The van der Waals surface area contributed by atoms with E-state index < -0.39 is 0 Å². The Bertz CT molecular complexity index is 430. The van der Waals surface area contributed by atoms with Crippen LogP contribution in [0.4, 0.5) is 0 Å². The Balaban J connectivity index is 2.33. The number of nitrogens with zero attached hydrogens (tertiary/aromatic N) is 1. The average Bonchev–Trinajstić information content (AvgIpc) is 2.50. The molecule has 0 aliphatic rings. The third kappa shape index (κ3) is 6.56. The SMILES string of the molecule is C=CCNC(=O)CC(C)CCC(C)C(C)c1ccncc1. The Labute approximate surface area is 128 Å². The van der Waals surface area contributed by atoms with Crippen LogP contribution in [0, 0.1) is 11.8 Å². The van der Waals surface area contributed by atoms with E-state index in [1.54, 1.807) is 6.08 Å². The maximum absolute atomic E-state index is 11.6. The van der Waals surface area contributed by atoms with Crippen LogP contribution in [0.25, 0.3) is 0 Å². The van der Waals surface area contributed by atoms with Crippen molar-refractivity contribution in [3.05, 3.63) is 42.7 Å². The van der Waals surface area contributed by atoms with Crippen molar-refractivity contribution in [2.24, 2.45) is 11.8 Å². The van der Waals surface area contributed by atoms with Crippen molar-refractivity contribution in [3.8, 4) is 0 Å². The molecule has 0 radical (unpaired) electrons. The summed E-state index contributed by atoms with van der Waals surface area (Å²) in [6.07, 6.45) is 8.24. The standard InChI is InChI=1S/C18H28N2O/c1-5-10-20-18(21)13-14(2)6-7-15(3)16(4)17-8-11-19-12-9-17/h5,8-9,11-12,14-16H,1,6-7,10,13H2,2-4H3,(H,20,21). The van der Waals surface area contributed by atoms with E-state index in [0.717, 1.165) is 12.8 Å². The summed E-state index contributed by atoms with van der Waals surface area (Å²) in [6.45, 7) is 10.9. The van der Waals surface area contributed by atoms with Crippen molar-refractivity contribution in [1.29, 1.82) is 0 Å². The van der Waals surface area contributed by atoms with Gasteiger partial charge in [-0.2, -0.15) is 0 Å². The van der Waals surface area contributed by atoms with Crippen LogP contribution in [0.1, 0.15) is 51.5 Å². The topological polar surface area (TPSA) is 42.0 Å². The average molecular weight is 288 g/mol. The molecule has 3 nitrogen and oxygen atoms in total. The number of hydrogen-bond donors (Lipinski definition) is 1. The van der Waals surface area contributed by atoms with Crippen molar-refractivity contribution < 1.29 is 4.79 Å². The molecule has 0 bridgehead atoms. The normalized spacial score (nSPS) is 15.0. The second-order valence-electron chi connectivity index (χ2n) is 6.03. The van der Waals surface area contributed by atoms with Crippen LogP contribution in [0.15, 0.2) is 37.2 Å². The van der Waals surface area contributed by atoms with Gasteiger partial charge in [0.15, 0.2) is 0 Å². The third-order valence-corrected chi connectivity index (χ3v) is 4.18. The first-order chi connectivity index (χ1) is 10.0. The molecule has 1 rings (SSSR count). The lowest BCUT2D eigenvalue weighted by molar-refractivity contribution is -0.121. The molecule has 3 unspecified atom stereocenters. The van der Waals surface area contributed by atoms with Crippen LogP contribution in [-0.4, -0.2) is 17.4 Å². The lowest BCUT2D eigenvalue weighted by atomic mass is 9.84. The van der Waals surface area contributed by atoms with Crippen molar-refractivity contribution >= 4 is 5.91 Å². The minimum atomic E-state index is 0.122. The van der Waals surface area contributed by atoms with Gasteiger partial charge in [-0.3, -0.25) is 9.78 Å². The Kier molecular flexibility index (Phi) is 7.73. The molecule has 0 fully saturated rings. The molecular weight excluding hydrogens is 260 g/mol. The number of hydrogen-bond acceptors (Lipinski definition) is 2. The summed E-state index contributed by atoms with van der Waals surface area (Å²) in [7, 11) is 0. The fraction of sp³-hybridized carbons (Fsp3) is 0.556. The van der Waals surface area contributed by atoms with E-state index in [4.69, 9.17) is 0 Å². The molecule has 0 aromatic carbocycles. The summed E-state index contributed by atoms with van der Waals surface area (Å²) in [4.78, 5) is 15.7. The van der Waals surface area contributed by atoms with E-state index in [1.165, 1.54) is 5.56 Å². The van der Waals surface area contributed by atoms with Gasteiger partial charge in [0.25, 0.3) is 0 Å². The van der Waals surface area contributed by atoms with Crippen LogP contribution in [-0.2, 0) is 4.79 Å². The first-order valence-corrected chi connectivity index (χ1v) is 7.82. The molecule has 1 aromatic heterocycles. The second-order valence-corrected chi connectivity index (χ2v) is 6.03. The zero-order chi connectivity index (χ0) is 15.7. The number of nitrogens with one attached hydrogen (secondary N) is 1. The van der Waals surface area contributed by atoms with Crippen LogP contribution in [0.3, 0.4) is 0 Å². The van der Waals surface area contributed by atoms with Crippen molar-refractivity contribution in [1.82, 2.24) is 10.3 Å². The van der Waals surface area contributed by atoms with Gasteiger partial charge in [0.05, 0.1) is 0 Å². The Morgan fingerprint density at radius 3 is 2.57 bits per heavy atom. The molecule has 1 amide bonds. The van der Waals surface area contributed by atoms with Gasteiger partial charge < -0.3 is 5.32 Å². The molecule has 0 saturated heterocycles. The molecule has 1 N–H and O–H groups in total. The zero-order valence-electron chi connectivity index (χ0n) is 13.5. The first kappa shape index (κ1) is 17.4. The molecule has 21 heavy (non-hydrogen) atoms. The predicted molar refractivity (Wildman–Crippen MR) is 88.0 cm³/mol. The van der Waals surface area contributed by atoms with Crippen LogP contribution < -0.4 is 5.32 Å². The van der Waals surface area contributed by atoms with Gasteiger partial charge in [-0.15, -0.1) is 6.58 Å². The summed E-state index contributed by atoms with van der Waals surface area (Å²) in [5.41, 5.74) is 1.34. The molecule has 0 spiro atoms. The molecule has 0 aliphatic heterocycles. The van der Waals surface area contributed by atoms with Crippen molar-refractivity contribution in [3.63, 3.8) is 0 Å². The number of carbonyl (C=O) groups is 1. The van der Waals surface area contributed by atoms with E-state index in [-0.39, 0.29) is 5.91 Å². The molecule has 3 heteroatoms. The summed E-state index contributed by atoms with van der Waals surface area (Å²) < 4.78 is 0. The molecule has 0 aliphatic carbocycles. The second kappa shape index (κ2) is 9.32. The van der Waals surface area contributed by atoms with Gasteiger partial charge >= 0.3 is 0 Å². The highest BCUT2D eigenvalue weighted by Crippen LogP contribution is 2.28. The molecule has 0 saturated carbocycles. The minimum absolute atomic E-state index is 0.122. The maximum Gasteiger partial charge on any atom is 0.220 e. The molecule has 116 valence electrons. The lowest BCUT2D eigenvalue weighted by Gasteiger charge is -2.21. The number of rotatable bonds is 9. The highest BCUT2D eigenvalue weighted by molar-refractivity contribution is 5.76. The van der Waals surface area contributed by atoms with Crippen LogP contribution in [0.2, 0.25) is 0 Å². The van der Waals surface area contributed by atoms with E-state index in [2.05, 4.69) is 49.8 Å². The van der Waals surface area contributed by atoms with Crippen LogP contribution >= 0.6 is 0 Å². The first-order valence-electron chi connectivity index (χ1n) is 7.82. The van der Waals surface area contributed by atoms with Crippen molar-refractivity contribution in [2.45, 2.75) is 46.0 Å². The van der Waals surface area contributed by atoms with Gasteiger partial charge in [0, 0.05) is 25.4 Å². The molecule has 1 aromatic rings. The van der Waals surface area contributed by atoms with Gasteiger partial charge in [-0.05, 0) is 48.3 Å². The summed E-state index contributed by atoms with van der Waals surface area (Å²) in [5.74, 6) is 1.67. The fourth-order valence-electron chi connectivity index (χ4n) is 2.47. The smallest absolute Gasteiger partial charge is 0.220 e. The van der Waals surface area contributed by atoms with Crippen LogP contribution in [0.5, 0.6) is 0 Å². The Morgan fingerprint density at radius 2 is 1.95 bits per heavy atom. The minimum Gasteiger partial charge on any atom is -0.353 e. The zero-order valence-corrected chi connectivity index (χ0v) is 13.5. The van der Waals surface area contributed by atoms with Gasteiger partial charge in [0.1, 0.15) is 0 Å². The summed E-state index contributed by atoms with van der Waals surface area (Å²) >= 11 is 0. The number of aromatic nitrogens is 1. The monoisotopic (exact) mass is 288 g/mol. The Morgan fingerprint density at radius 1 is 1.29 bits per heavy atom. The molecule has 1 heterocycles. The molecule has 3 atom stereocenters. The lowest BCUT2D eigenvalue weighted by Crippen LogP contribution is -2.25. The maximum atomic E-state index is 11.6. The van der Waals surface area contributed by atoms with E-state index >= 15 is 0 Å². The summed E-state index contributed by atoms with van der Waals surface area (Å²) in [6, 6.07) is 4.18. The largest absolute Gasteiger partial charge is 0.353 e. The predicted octanol–water partition coefficient (Wildman–Crippen LogP) is 3.93. The molecular formula is C18H28N2O. The van der Waals surface area contributed by atoms with Crippen molar-refractivity contribution in [2.75, 3.05) is 6.54 Å². The number of amides is 1. The van der Waals surface area contributed by atoms with E-state index in [1.807, 2.05) is 12.4 Å². The number of carbonyl (C=O) groups excluding carboxylic acids is 1. The highest BCUT2D eigenvalue weighted by atomic mass is 16.1. The number of pyridine rings is 1. The van der Waals surface area contributed by atoms with Gasteiger partial charge in [-0.1, -0.05) is 26.8 Å². The van der Waals surface area contributed by atoms with E-state index in [9.17, 15) is 4.79 Å². The highest BCUT2D eigenvalue weighted by Gasteiger charge is 2.16. The quantitative estimate of drug-likeness (QED) is 0.700. The third-order valence-electron chi connectivity index (χ3n) is 4.18. The van der Waals surface area contributed by atoms with Gasteiger partial charge in [-0.25, -0.2) is 0 Å². The van der Waals surface area contributed by atoms with E-state index in [0.29, 0.717) is 30.7 Å².